The number of hydrogen-bond donors (Lipinski definition) is 3. The van der Waals surface area contributed by atoms with Crippen molar-refractivity contribution in [3.8, 4) is 0 Å². The highest BCUT2D eigenvalue weighted by Gasteiger charge is 2.18. The molecule has 0 bridgehead atoms. The second kappa shape index (κ2) is 24.3. The Morgan fingerprint density at radius 3 is 1.66 bits per heavy atom. The van der Waals surface area contributed by atoms with Crippen molar-refractivity contribution >= 4 is 11.9 Å². The van der Waals surface area contributed by atoms with Gasteiger partial charge in [-0.3, -0.25) is 9.79 Å². The van der Waals surface area contributed by atoms with Gasteiger partial charge in [0.15, 0.2) is 5.96 Å². The van der Waals surface area contributed by atoms with Crippen LogP contribution in [-0.2, 0) is 9.53 Å². The Balaban J connectivity index is 3.54. The van der Waals surface area contributed by atoms with Crippen LogP contribution in [0.4, 0.5) is 0 Å². The lowest BCUT2D eigenvalue weighted by Gasteiger charge is -2.17. The molecule has 6 heteroatoms. The molecule has 1 atom stereocenters. The van der Waals surface area contributed by atoms with Gasteiger partial charge in [0.25, 0.3) is 0 Å². The second-order valence-electron chi connectivity index (χ2n) is 9.01. The highest BCUT2D eigenvalue weighted by molar-refractivity contribution is 5.76. The van der Waals surface area contributed by atoms with Gasteiger partial charge in [0.1, 0.15) is 6.04 Å². The molecule has 0 aromatic rings. The van der Waals surface area contributed by atoms with Gasteiger partial charge in [-0.1, -0.05) is 103 Å². The molecule has 0 saturated heterocycles. The number of nitrogens with two attached hydrogens (primary N) is 2. The number of guanidine groups is 1. The fraction of sp³-hybridized carbons (Fsp3) is 0.923. The largest absolute Gasteiger partial charge is 0.465 e. The van der Waals surface area contributed by atoms with Crippen LogP contribution in [0.15, 0.2) is 4.99 Å². The maximum Gasteiger partial charge on any atom is 0.323 e. The van der Waals surface area contributed by atoms with E-state index in [1.54, 1.807) is 0 Å². The standard InChI is InChI=1S/C26H54N4O2/c1-3-5-6-7-8-9-10-11-12-13-14-15-16-17-18-19-22-29-24(25(31)32-4-2)21-20-23-30-26(27)28/h24,29H,3-23H2,1-2H3,(H4,27,28,30)/t24-/m0/s1. The van der Waals surface area contributed by atoms with Gasteiger partial charge >= 0.3 is 5.97 Å². The zero-order chi connectivity index (χ0) is 23.7. The van der Waals surface area contributed by atoms with Gasteiger partial charge < -0.3 is 21.5 Å². The lowest BCUT2D eigenvalue weighted by atomic mass is 10.0. The van der Waals surface area contributed by atoms with E-state index in [4.69, 9.17) is 16.2 Å². The summed E-state index contributed by atoms with van der Waals surface area (Å²) in [6, 6.07) is -0.263. The third-order valence-corrected chi connectivity index (χ3v) is 5.94. The summed E-state index contributed by atoms with van der Waals surface area (Å²) in [6.07, 6.45) is 23.3. The minimum Gasteiger partial charge on any atom is -0.465 e. The second-order valence-corrected chi connectivity index (χ2v) is 9.01. The number of carbonyl (C=O) groups excluding carboxylic acids is 1. The van der Waals surface area contributed by atoms with Crippen LogP contribution in [0.2, 0.25) is 0 Å². The van der Waals surface area contributed by atoms with E-state index in [9.17, 15) is 4.79 Å². The van der Waals surface area contributed by atoms with Crippen LogP contribution < -0.4 is 16.8 Å². The van der Waals surface area contributed by atoms with Gasteiger partial charge in [-0.2, -0.15) is 0 Å². The molecule has 190 valence electrons. The van der Waals surface area contributed by atoms with E-state index >= 15 is 0 Å². The predicted octanol–water partition coefficient (Wildman–Crippen LogP) is 5.82. The van der Waals surface area contributed by atoms with Crippen molar-refractivity contribution in [2.24, 2.45) is 16.5 Å². The number of esters is 1. The maximum absolute atomic E-state index is 12.1. The summed E-state index contributed by atoms with van der Waals surface area (Å²) in [6.45, 7) is 5.92. The topological polar surface area (TPSA) is 103 Å². The third kappa shape index (κ3) is 21.9. The zero-order valence-electron chi connectivity index (χ0n) is 21.3. The molecule has 0 aromatic carbocycles. The molecule has 0 saturated carbocycles. The monoisotopic (exact) mass is 454 g/mol. The molecule has 0 heterocycles. The summed E-state index contributed by atoms with van der Waals surface area (Å²) in [5.41, 5.74) is 10.7. The average molecular weight is 455 g/mol. The summed E-state index contributed by atoms with van der Waals surface area (Å²) in [5, 5.41) is 3.36. The summed E-state index contributed by atoms with van der Waals surface area (Å²) < 4.78 is 5.18. The normalized spacial score (nSPS) is 11.9. The minimum atomic E-state index is -0.263. The average Bonchev–Trinajstić information content (AvgIpc) is 2.77. The Bertz CT molecular complexity index is 440. The SMILES string of the molecule is CCCCCCCCCCCCCCCCCCN[C@@H](CCCN=C(N)N)C(=O)OCC. The predicted molar refractivity (Wildman–Crippen MR) is 138 cm³/mol. The number of hydrogen-bond acceptors (Lipinski definition) is 4. The molecule has 6 nitrogen and oxygen atoms in total. The van der Waals surface area contributed by atoms with E-state index in [0.717, 1.165) is 19.4 Å². The van der Waals surface area contributed by atoms with Gasteiger partial charge in [-0.15, -0.1) is 0 Å². The van der Waals surface area contributed by atoms with Gasteiger partial charge in [-0.25, -0.2) is 0 Å². The molecule has 0 aromatic heterocycles. The molecular formula is C26H54N4O2. The Labute approximate surface area is 198 Å². The molecule has 0 aliphatic heterocycles. The highest BCUT2D eigenvalue weighted by atomic mass is 16.5. The fourth-order valence-corrected chi connectivity index (χ4v) is 4.00. The smallest absolute Gasteiger partial charge is 0.323 e. The zero-order valence-corrected chi connectivity index (χ0v) is 21.3. The van der Waals surface area contributed by atoms with Gasteiger partial charge in [0.05, 0.1) is 6.61 Å². The summed E-state index contributed by atoms with van der Waals surface area (Å²) >= 11 is 0. The molecular weight excluding hydrogens is 400 g/mol. The van der Waals surface area contributed by atoms with E-state index in [-0.39, 0.29) is 18.0 Å². The lowest BCUT2D eigenvalue weighted by molar-refractivity contribution is -0.145. The Morgan fingerprint density at radius 2 is 1.22 bits per heavy atom. The highest BCUT2D eigenvalue weighted by Crippen LogP contribution is 2.13. The number of nitrogens with zero attached hydrogens (tertiary/aromatic N) is 1. The van der Waals surface area contributed by atoms with Gasteiger partial charge in [0, 0.05) is 6.54 Å². The molecule has 0 aliphatic carbocycles. The molecule has 0 amide bonds. The van der Waals surface area contributed by atoms with Crippen molar-refractivity contribution in [2.45, 2.75) is 135 Å². The number of rotatable bonds is 24. The number of carbonyl (C=O) groups is 1. The summed E-state index contributed by atoms with van der Waals surface area (Å²) in [4.78, 5) is 16.1. The molecule has 0 aliphatic rings. The molecule has 0 rings (SSSR count). The first-order valence-electron chi connectivity index (χ1n) is 13.6. The molecule has 5 N–H and O–H groups in total. The Hall–Kier alpha value is -1.30. The molecule has 0 spiro atoms. The number of aliphatic imine (C=N–C) groups is 1. The molecule has 0 radical (unpaired) electrons. The maximum atomic E-state index is 12.1. The Morgan fingerprint density at radius 1 is 0.750 bits per heavy atom. The summed E-state index contributed by atoms with van der Waals surface area (Å²) in [7, 11) is 0. The number of ether oxygens (including phenoxy) is 1. The van der Waals surface area contributed by atoms with Crippen LogP contribution in [0, 0.1) is 0 Å². The third-order valence-electron chi connectivity index (χ3n) is 5.94. The van der Waals surface area contributed by atoms with E-state index in [1.807, 2.05) is 6.92 Å². The Kier molecular flexibility index (Phi) is 23.4. The number of unbranched alkanes of at least 4 members (excludes halogenated alkanes) is 15. The van der Waals surface area contributed by atoms with E-state index in [2.05, 4.69) is 17.2 Å². The van der Waals surface area contributed by atoms with Crippen LogP contribution in [0.3, 0.4) is 0 Å². The molecule has 0 unspecified atom stereocenters. The van der Waals surface area contributed by atoms with E-state index in [1.165, 1.54) is 96.3 Å². The van der Waals surface area contributed by atoms with Gasteiger partial charge in [-0.05, 0) is 32.7 Å². The van der Waals surface area contributed by atoms with E-state index < -0.39 is 0 Å². The fourth-order valence-electron chi connectivity index (χ4n) is 4.00. The van der Waals surface area contributed by atoms with Crippen molar-refractivity contribution in [1.82, 2.24) is 5.32 Å². The number of nitrogens with one attached hydrogen (secondary N) is 1. The summed E-state index contributed by atoms with van der Waals surface area (Å²) in [5.74, 6) is -0.0764. The van der Waals surface area contributed by atoms with Crippen molar-refractivity contribution in [3.05, 3.63) is 0 Å². The van der Waals surface area contributed by atoms with Crippen LogP contribution >= 0.6 is 0 Å². The van der Waals surface area contributed by atoms with Gasteiger partial charge in [0.2, 0.25) is 0 Å². The first kappa shape index (κ1) is 30.7. The van der Waals surface area contributed by atoms with Crippen molar-refractivity contribution in [2.75, 3.05) is 19.7 Å². The minimum absolute atomic E-state index is 0.0961. The quantitative estimate of drug-likeness (QED) is 0.0737. The lowest BCUT2D eigenvalue weighted by Crippen LogP contribution is -2.38. The van der Waals surface area contributed by atoms with Crippen LogP contribution in [0.25, 0.3) is 0 Å². The van der Waals surface area contributed by atoms with Crippen molar-refractivity contribution < 1.29 is 9.53 Å². The van der Waals surface area contributed by atoms with Crippen LogP contribution in [0.5, 0.6) is 0 Å². The van der Waals surface area contributed by atoms with Crippen molar-refractivity contribution in [3.63, 3.8) is 0 Å². The van der Waals surface area contributed by atoms with Crippen molar-refractivity contribution in [1.29, 1.82) is 0 Å². The molecule has 0 fully saturated rings. The van der Waals surface area contributed by atoms with Crippen LogP contribution in [-0.4, -0.2) is 37.7 Å². The first-order valence-corrected chi connectivity index (χ1v) is 13.6. The molecule has 32 heavy (non-hydrogen) atoms. The van der Waals surface area contributed by atoms with Crippen LogP contribution in [0.1, 0.15) is 129 Å². The first-order chi connectivity index (χ1) is 15.6. The van der Waals surface area contributed by atoms with E-state index in [0.29, 0.717) is 19.6 Å².